The van der Waals surface area contributed by atoms with Crippen molar-refractivity contribution in [3.63, 3.8) is 0 Å². The van der Waals surface area contributed by atoms with Crippen LogP contribution in [0.1, 0.15) is 37.8 Å². The molecule has 2 atom stereocenters. The third-order valence-corrected chi connectivity index (χ3v) is 4.29. The van der Waals surface area contributed by atoms with Gasteiger partial charge in [0.25, 0.3) is 11.8 Å². The topological polar surface area (TPSA) is 58.6 Å². The van der Waals surface area contributed by atoms with Gasteiger partial charge in [-0.25, -0.2) is 0 Å². The molecule has 5 nitrogen and oxygen atoms in total. The molecule has 0 spiro atoms. The summed E-state index contributed by atoms with van der Waals surface area (Å²) in [5, 5.41) is 2.98. The second-order valence-corrected chi connectivity index (χ2v) is 6.06. The molecule has 1 aromatic rings. The van der Waals surface area contributed by atoms with Crippen LogP contribution in [0.4, 0.5) is 5.69 Å². The van der Waals surface area contributed by atoms with E-state index in [1.54, 1.807) is 14.1 Å². The first-order valence-corrected chi connectivity index (χ1v) is 8.26. The molecule has 1 N–H and O–H groups in total. The van der Waals surface area contributed by atoms with Crippen LogP contribution in [-0.4, -0.2) is 43.0 Å². The van der Waals surface area contributed by atoms with E-state index in [2.05, 4.69) is 25.2 Å². The summed E-state index contributed by atoms with van der Waals surface area (Å²) >= 11 is 0. The highest BCUT2D eigenvalue weighted by atomic mass is 16.5. The number of hydrogen-bond acceptors (Lipinski definition) is 3. The van der Waals surface area contributed by atoms with Gasteiger partial charge in [-0.2, -0.15) is 0 Å². The zero-order valence-electron chi connectivity index (χ0n) is 14.4. The highest BCUT2D eigenvalue weighted by Gasteiger charge is 2.35. The van der Waals surface area contributed by atoms with Crippen LogP contribution in [0.15, 0.2) is 18.2 Å². The van der Waals surface area contributed by atoms with E-state index in [0.29, 0.717) is 12.8 Å². The molecule has 1 fully saturated rings. The number of anilines is 1. The zero-order chi connectivity index (χ0) is 17.0. The Kier molecular flexibility index (Phi) is 5.77. The lowest BCUT2D eigenvalue weighted by molar-refractivity contribution is -0.143. The van der Waals surface area contributed by atoms with E-state index in [-0.39, 0.29) is 11.8 Å². The van der Waals surface area contributed by atoms with Gasteiger partial charge in [-0.1, -0.05) is 26.0 Å². The predicted molar refractivity (Wildman–Crippen MR) is 90.4 cm³/mol. The minimum Gasteiger partial charge on any atom is -0.355 e. The first-order valence-electron chi connectivity index (χ1n) is 8.26. The lowest BCUT2D eigenvalue weighted by Crippen LogP contribution is -2.35. The van der Waals surface area contributed by atoms with Crippen LogP contribution in [0.25, 0.3) is 0 Å². The number of aryl methyl sites for hydroxylation is 1. The van der Waals surface area contributed by atoms with Gasteiger partial charge < -0.3 is 15.0 Å². The Morgan fingerprint density at radius 3 is 2.48 bits per heavy atom. The molecule has 1 aromatic carbocycles. The van der Waals surface area contributed by atoms with Gasteiger partial charge in [-0.15, -0.1) is 0 Å². The van der Waals surface area contributed by atoms with Gasteiger partial charge in [0, 0.05) is 19.8 Å². The third-order valence-electron chi connectivity index (χ3n) is 4.29. The molecule has 1 aliphatic heterocycles. The summed E-state index contributed by atoms with van der Waals surface area (Å²) in [6.45, 7) is 4.19. The molecular formula is C18H26N2O3. The Bertz CT molecular complexity index is 584. The number of amides is 2. The maximum Gasteiger partial charge on any atom is 0.253 e. The van der Waals surface area contributed by atoms with Crippen molar-refractivity contribution in [2.45, 2.75) is 51.7 Å². The summed E-state index contributed by atoms with van der Waals surface area (Å²) in [5.41, 5.74) is 3.27. The summed E-state index contributed by atoms with van der Waals surface area (Å²) in [6.07, 6.45) is 1.90. The normalized spacial score (nSPS) is 20.3. The van der Waals surface area contributed by atoms with E-state index < -0.39 is 12.2 Å². The fraction of sp³-hybridized carbons (Fsp3) is 0.556. The van der Waals surface area contributed by atoms with Crippen LogP contribution in [-0.2, 0) is 27.2 Å². The number of carbonyl (C=O) groups is 2. The van der Waals surface area contributed by atoms with Crippen LogP contribution in [0, 0.1) is 0 Å². The maximum absolute atomic E-state index is 12.5. The molecule has 0 radical (unpaired) electrons. The molecule has 0 saturated carbocycles. The summed E-state index contributed by atoms with van der Waals surface area (Å²) < 4.78 is 5.65. The summed E-state index contributed by atoms with van der Waals surface area (Å²) in [6, 6.07) is 5.97. The van der Waals surface area contributed by atoms with Gasteiger partial charge in [-0.05, 0) is 42.9 Å². The lowest BCUT2D eigenvalue weighted by atomic mass is 10.0. The Labute approximate surface area is 138 Å². The van der Waals surface area contributed by atoms with Gasteiger partial charge in [0.05, 0.1) is 0 Å². The number of rotatable bonds is 5. The average molecular weight is 318 g/mol. The Morgan fingerprint density at radius 1 is 1.17 bits per heavy atom. The average Bonchev–Trinajstić information content (AvgIpc) is 3.03. The fourth-order valence-corrected chi connectivity index (χ4v) is 3.01. The number of nitrogens with one attached hydrogen (secondary N) is 1. The number of likely N-dealkylation sites (N-methyl/N-ethyl adjacent to an activating group) is 1. The number of nitrogens with zero attached hydrogens (tertiary/aromatic N) is 1. The molecule has 2 amide bonds. The molecule has 0 aromatic heterocycles. The molecule has 5 heteroatoms. The van der Waals surface area contributed by atoms with E-state index in [0.717, 1.165) is 18.5 Å². The van der Waals surface area contributed by atoms with Crippen molar-refractivity contribution >= 4 is 17.5 Å². The highest BCUT2D eigenvalue weighted by Crippen LogP contribution is 2.25. The molecule has 1 heterocycles. The van der Waals surface area contributed by atoms with Crippen molar-refractivity contribution in [1.29, 1.82) is 0 Å². The quantitative estimate of drug-likeness (QED) is 0.907. The molecule has 0 bridgehead atoms. The summed E-state index contributed by atoms with van der Waals surface area (Å²) in [4.78, 5) is 25.9. The number of benzene rings is 1. The minimum atomic E-state index is -0.557. The van der Waals surface area contributed by atoms with E-state index in [1.807, 2.05) is 12.1 Å². The largest absolute Gasteiger partial charge is 0.355 e. The van der Waals surface area contributed by atoms with Crippen molar-refractivity contribution in [2.75, 3.05) is 19.4 Å². The van der Waals surface area contributed by atoms with E-state index in [4.69, 9.17) is 4.74 Å². The molecule has 23 heavy (non-hydrogen) atoms. The molecule has 0 aliphatic carbocycles. The van der Waals surface area contributed by atoms with Crippen LogP contribution in [0.3, 0.4) is 0 Å². The molecular weight excluding hydrogens is 292 g/mol. The van der Waals surface area contributed by atoms with Gasteiger partial charge in [0.1, 0.15) is 12.2 Å². The van der Waals surface area contributed by atoms with Crippen molar-refractivity contribution in [2.24, 2.45) is 0 Å². The molecule has 0 unspecified atom stereocenters. The fourth-order valence-electron chi connectivity index (χ4n) is 3.01. The van der Waals surface area contributed by atoms with Crippen molar-refractivity contribution < 1.29 is 14.3 Å². The van der Waals surface area contributed by atoms with Gasteiger partial charge in [0.2, 0.25) is 0 Å². The van der Waals surface area contributed by atoms with Crippen LogP contribution in [0.2, 0.25) is 0 Å². The minimum absolute atomic E-state index is 0.0810. The number of ether oxygens (including phenoxy) is 1. The Hall–Kier alpha value is -1.88. The first kappa shape index (κ1) is 17.5. The van der Waals surface area contributed by atoms with Crippen LogP contribution >= 0.6 is 0 Å². The van der Waals surface area contributed by atoms with Crippen molar-refractivity contribution in [3.05, 3.63) is 29.3 Å². The van der Waals surface area contributed by atoms with E-state index >= 15 is 0 Å². The van der Waals surface area contributed by atoms with E-state index in [1.165, 1.54) is 16.0 Å². The summed E-state index contributed by atoms with van der Waals surface area (Å²) in [7, 11) is 3.39. The molecule has 1 saturated heterocycles. The SMILES string of the molecule is CCc1cccc(NC(=O)[C@@H]2CC[C@H](C(=O)N(C)C)O2)c1CC. The standard InChI is InChI=1S/C18H26N2O3/c1-5-12-8-7-9-14(13(12)6-2)19-17(21)15-10-11-16(23-15)18(22)20(3)4/h7-9,15-16H,5-6,10-11H2,1-4H3,(H,19,21)/t15-,16+/m0/s1. The van der Waals surface area contributed by atoms with Crippen LogP contribution in [0.5, 0.6) is 0 Å². The maximum atomic E-state index is 12.5. The Balaban J connectivity index is 2.05. The molecule has 1 aliphatic rings. The monoisotopic (exact) mass is 318 g/mol. The Morgan fingerprint density at radius 2 is 1.87 bits per heavy atom. The summed E-state index contributed by atoms with van der Waals surface area (Å²) in [5.74, 6) is -0.246. The van der Waals surface area contributed by atoms with Gasteiger partial charge in [-0.3, -0.25) is 9.59 Å². The number of hydrogen-bond donors (Lipinski definition) is 1. The molecule has 2 rings (SSSR count). The van der Waals surface area contributed by atoms with E-state index in [9.17, 15) is 9.59 Å². The van der Waals surface area contributed by atoms with Crippen LogP contribution < -0.4 is 5.32 Å². The zero-order valence-corrected chi connectivity index (χ0v) is 14.4. The highest BCUT2D eigenvalue weighted by molar-refractivity contribution is 5.95. The predicted octanol–water partition coefficient (Wildman–Crippen LogP) is 2.39. The number of carbonyl (C=O) groups excluding carboxylic acids is 2. The van der Waals surface area contributed by atoms with Crippen molar-refractivity contribution in [1.82, 2.24) is 4.90 Å². The second-order valence-electron chi connectivity index (χ2n) is 6.06. The molecule has 126 valence electrons. The second kappa shape index (κ2) is 7.59. The van der Waals surface area contributed by atoms with Gasteiger partial charge >= 0.3 is 0 Å². The lowest BCUT2D eigenvalue weighted by Gasteiger charge is -2.18. The smallest absolute Gasteiger partial charge is 0.253 e. The third kappa shape index (κ3) is 3.91. The first-order chi connectivity index (χ1) is 11.0. The van der Waals surface area contributed by atoms with Crippen molar-refractivity contribution in [3.8, 4) is 0 Å². The van der Waals surface area contributed by atoms with Gasteiger partial charge in [0.15, 0.2) is 0 Å².